The highest BCUT2D eigenvalue weighted by atomic mass is 13.9. The van der Waals surface area contributed by atoms with Crippen LogP contribution in [0.5, 0.6) is 0 Å². The quantitative estimate of drug-likeness (QED) is 0.484. The van der Waals surface area contributed by atoms with E-state index in [2.05, 4.69) is 36.5 Å². The van der Waals surface area contributed by atoms with Crippen LogP contribution < -0.4 is 0 Å². The summed E-state index contributed by atoms with van der Waals surface area (Å²) >= 11 is 0. The van der Waals surface area contributed by atoms with Gasteiger partial charge in [-0.15, -0.1) is 0 Å². The summed E-state index contributed by atoms with van der Waals surface area (Å²) in [5, 5.41) is 0. The van der Waals surface area contributed by atoms with Crippen molar-refractivity contribution >= 4 is 0 Å². The average Bonchev–Trinajstić information content (AvgIpc) is 2.18. The van der Waals surface area contributed by atoms with Gasteiger partial charge in [-0.05, 0) is 51.0 Å². The van der Waals surface area contributed by atoms with Crippen molar-refractivity contribution in [3.63, 3.8) is 0 Å². The van der Waals surface area contributed by atoms with Crippen LogP contribution in [0.15, 0.2) is 30.4 Å². The van der Waals surface area contributed by atoms with E-state index >= 15 is 0 Å². The molecule has 0 aromatic rings. The van der Waals surface area contributed by atoms with Crippen molar-refractivity contribution in [2.45, 2.75) is 44.9 Å². The number of hydrogen-bond donors (Lipinski definition) is 0. The van der Waals surface area contributed by atoms with Gasteiger partial charge >= 0.3 is 0 Å². The molecule has 0 heteroatoms. The molecule has 0 N–H and O–H groups in total. The average molecular weight is 175 g/mol. The molecule has 1 aliphatic rings. The fourth-order valence-electron chi connectivity index (χ4n) is 1.38. The monoisotopic (exact) mass is 175 g/mol. The third-order valence-electron chi connectivity index (χ3n) is 2.15. The van der Waals surface area contributed by atoms with Crippen LogP contribution in [0.1, 0.15) is 44.9 Å². The van der Waals surface area contributed by atoms with Crippen LogP contribution in [0.4, 0.5) is 0 Å². The van der Waals surface area contributed by atoms with Crippen LogP contribution in [0.25, 0.3) is 0 Å². The fraction of sp³-hybridized carbons (Fsp3) is 0.538. The van der Waals surface area contributed by atoms with Crippen molar-refractivity contribution < 1.29 is 0 Å². The first kappa shape index (κ1) is 10.3. The van der Waals surface area contributed by atoms with E-state index in [-0.39, 0.29) is 0 Å². The van der Waals surface area contributed by atoms with Crippen LogP contribution in [0.3, 0.4) is 0 Å². The zero-order chi connectivity index (χ0) is 9.19. The maximum Gasteiger partial charge on any atom is -0.0245 e. The molecule has 0 unspecified atom stereocenters. The van der Waals surface area contributed by atoms with Gasteiger partial charge in [0.05, 0.1) is 0 Å². The van der Waals surface area contributed by atoms with Gasteiger partial charge in [-0.25, -0.2) is 0 Å². The first-order chi connectivity index (χ1) is 6.50. The Morgan fingerprint density at radius 2 is 1.38 bits per heavy atom. The lowest BCUT2D eigenvalue weighted by Gasteiger charge is -1.89. The number of rotatable bonds is 0. The van der Waals surface area contributed by atoms with Crippen molar-refractivity contribution in [1.29, 1.82) is 0 Å². The summed E-state index contributed by atoms with van der Waals surface area (Å²) in [6.45, 7) is 0. The molecule has 1 aliphatic carbocycles. The molecule has 1 rings (SSSR count). The van der Waals surface area contributed by atoms with Crippen LogP contribution in [0, 0.1) is 6.08 Å². The Balaban J connectivity index is 2.27. The smallest absolute Gasteiger partial charge is 0.0245 e. The van der Waals surface area contributed by atoms with Gasteiger partial charge in [-0.1, -0.05) is 30.4 Å². The van der Waals surface area contributed by atoms with Gasteiger partial charge in [0, 0.05) is 0 Å². The molecule has 0 bridgehead atoms. The molecule has 71 valence electrons. The Kier molecular flexibility index (Phi) is 6.22. The van der Waals surface area contributed by atoms with Crippen LogP contribution in [0.2, 0.25) is 0 Å². The van der Waals surface area contributed by atoms with Gasteiger partial charge in [0.15, 0.2) is 0 Å². The van der Waals surface area contributed by atoms with Gasteiger partial charge in [0.2, 0.25) is 0 Å². The zero-order valence-corrected chi connectivity index (χ0v) is 8.34. The van der Waals surface area contributed by atoms with Crippen LogP contribution in [-0.4, -0.2) is 0 Å². The molecule has 0 saturated carbocycles. The second-order valence-electron chi connectivity index (χ2n) is 3.40. The molecule has 0 heterocycles. The number of allylic oxidation sites excluding steroid dienone is 6. The van der Waals surface area contributed by atoms with Crippen LogP contribution in [-0.2, 0) is 0 Å². The highest BCUT2D eigenvalue weighted by molar-refractivity contribution is 4.89. The fourth-order valence-corrected chi connectivity index (χ4v) is 1.38. The molecule has 0 fully saturated rings. The summed E-state index contributed by atoms with van der Waals surface area (Å²) < 4.78 is 0. The third-order valence-corrected chi connectivity index (χ3v) is 2.15. The van der Waals surface area contributed by atoms with E-state index in [0.717, 1.165) is 19.3 Å². The van der Waals surface area contributed by atoms with E-state index in [4.69, 9.17) is 0 Å². The molecule has 0 saturated heterocycles. The van der Waals surface area contributed by atoms with Gasteiger partial charge in [0.25, 0.3) is 0 Å². The molecule has 0 amide bonds. The molecular weight excluding hydrogens is 156 g/mol. The Morgan fingerprint density at radius 3 is 2.23 bits per heavy atom. The summed E-state index contributed by atoms with van der Waals surface area (Å²) in [5.41, 5.74) is 0. The SMILES string of the molecule is [C]1=CCCC=CCCCC=CCC1. The largest absolute Gasteiger partial charge is 0.0885 e. The second-order valence-corrected chi connectivity index (χ2v) is 3.40. The standard InChI is InChI=1S/C13H19/c1-2-4-6-8-10-12-13-11-9-7-5-3-1/h1-2,7,10,12H,3-6,8,11,13H2. The first-order valence-electron chi connectivity index (χ1n) is 5.35. The minimum absolute atomic E-state index is 1.08. The van der Waals surface area contributed by atoms with Gasteiger partial charge < -0.3 is 0 Å². The van der Waals surface area contributed by atoms with Crippen molar-refractivity contribution in [3.05, 3.63) is 36.5 Å². The molecule has 0 aromatic carbocycles. The van der Waals surface area contributed by atoms with Crippen LogP contribution >= 0.6 is 0 Å². The van der Waals surface area contributed by atoms with Gasteiger partial charge in [0.1, 0.15) is 0 Å². The second kappa shape index (κ2) is 7.85. The van der Waals surface area contributed by atoms with Gasteiger partial charge in [-0.2, -0.15) is 0 Å². The third kappa shape index (κ3) is 6.39. The summed E-state index contributed by atoms with van der Waals surface area (Å²) in [5.74, 6) is 0. The van der Waals surface area contributed by atoms with E-state index in [1.54, 1.807) is 0 Å². The molecule has 0 spiro atoms. The maximum atomic E-state index is 3.31. The summed E-state index contributed by atoms with van der Waals surface area (Å²) in [6, 6.07) is 0. The molecule has 0 nitrogen and oxygen atoms in total. The van der Waals surface area contributed by atoms with Crippen molar-refractivity contribution in [2.75, 3.05) is 0 Å². The summed E-state index contributed by atoms with van der Waals surface area (Å²) in [6.07, 6.45) is 23.0. The van der Waals surface area contributed by atoms with Crippen molar-refractivity contribution in [1.82, 2.24) is 0 Å². The predicted molar refractivity (Wildman–Crippen MR) is 58.4 cm³/mol. The first-order valence-corrected chi connectivity index (χ1v) is 5.35. The predicted octanol–water partition coefficient (Wildman–Crippen LogP) is 4.20. The molecule has 0 aliphatic heterocycles. The Hall–Kier alpha value is -0.780. The summed E-state index contributed by atoms with van der Waals surface area (Å²) in [7, 11) is 0. The lowest BCUT2D eigenvalue weighted by Crippen LogP contribution is -1.69. The highest BCUT2D eigenvalue weighted by Gasteiger charge is 1.84. The Labute approximate surface area is 82.0 Å². The van der Waals surface area contributed by atoms with Gasteiger partial charge in [-0.3, -0.25) is 0 Å². The summed E-state index contributed by atoms with van der Waals surface area (Å²) in [4.78, 5) is 0. The zero-order valence-electron chi connectivity index (χ0n) is 8.34. The van der Waals surface area contributed by atoms with E-state index in [1.807, 2.05) is 0 Å². The molecule has 13 heavy (non-hydrogen) atoms. The van der Waals surface area contributed by atoms with E-state index in [0.29, 0.717) is 0 Å². The Morgan fingerprint density at radius 1 is 0.692 bits per heavy atom. The normalized spacial score (nSPS) is 20.3. The topological polar surface area (TPSA) is 0 Å². The molecular formula is C13H19. The molecule has 1 radical (unpaired) electrons. The number of hydrogen-bond acceptors (Lipinski definition) is 0. The molecule has 0 atom stereocenters. The van der Waals surface area contributed by atoms with Crippen molar-refractivity contribution in [2.24, 2.45) is 0 Å². The minimum Gasteiger partial charge on any atom is -0.0885 e. The van der Waals surface area contributed by atoms with E-state index < -0.39 is 0 Å². The minimum atomic E-state index is 1.08. The maximum absolute atomic E-state index is 3.31. The lowest BCUT2D eigenvalue weighted by molar-refractivity contribution is 0.859. The van der Waals surface area contributed by atoms with Crippen molar-refractivity contribution in [3.8, 4) is 0 Å². The Bertz CT molecular complexity index is 164. The van der Waals surface area contributed by atoms with E-state index in [1.165, 1.54) is 25.7 Å². The van der Waals surface area contributed by atoms with E-state index in [9.17, 15) is 0 Å². The highest BCUT2D eigenvalue weighted by Crippen LogP contribution is 2.03. The lowest BCUT2D eigenvalue weighted by atomic mass is 10.2. The molecule has 0 aromatic heterocycles.